The Bertz CT molecular complexity index is 791. The number of aryl methyl sites for hydroxylation is 1. The monoisotopic (exact) mass is 354 g/mol. The van der Waals surface area contributed by atoms with Crippen molar-refractivity contribution in [3.63, 3.8) is 0 Å². The highest BCUT2D eigenvalue weighted by Crippen LogP contribution is 2.21. The first kappa shape index (κ1) is 19.2. The van der Waals surface area contributed by atoms with E-state index in [1.807, 2.05) is 18.2 Å². The van der Waals surface area contributed by atoms with Crippen LogP contribution in [-0.4, -0.2) is 28.1 Å². The molecule has 0 spiro atoms. The van der Waals surface area contributed by atoms with Gasteiger partial charge in [0.1, 0.15) is 11.5 Å². The topological polar surface area (TPSA) is 101 Å². The Morgan fingerprint density at radius 1 is 0.962 bits per heavy atom. The molecule has 7 heteroatoms. The van der Waals surface area contributed by atoms with Gasteiger partial charge in [0.25, 0.3) is 0 Å². The second-order valence-corrected chi connectivity index (χ2v) is 5.93. The quantitative estimate of drug-likeness (QED) is 0.561. The standard InChI is InChI=1S/C19H22N4O3/c1-13(25)20-18-16(11-7-6-10-15-8-4-3-5-9-15)17(12-24)22-19(23-18)21-14(2)26/h3-5,8-9,12H,6-7,10-11H2,1-2H3,(H2,20,21,22,23,25,26). The number of anilines is 2. The predicted octanol–water partition coefficient (Wildman–Crippen LogP) is 2.77. The normalized spacial score (nSPS) is 10.2. The highest BCUT2D eigenvalue weighted by molar-refractivity contribution is 5.92. The molecule has 2 amide bonds. The van der Waals surface area contributed by atoms with Crippen molar-refractivity contribution in [3.8, 4) is 0 Å². The average molecular weight is 354 g/mol. The summed E-state index contributed by atoms with van der Waals surface area (Å²) in [6.45, 7) is 2.68. The number of nitrogens with one attached hydrogen (secondary N) is 2. The van der Waals surface area contributed by atoms with E-state index >= 15 is 0 Å². The van der Waals surface area contributed by atoms with Crippen molar-refractivity contribution in [2.24, 2.45) is 0 Å². The number of carbonyl (C=O) groups excluding carboxylic acids is 3. The van der Waals surface area contributed by atoms with Gasteiger partial charge in [0.2, 0.25) is 17.8 Å². The minimum atomic E-state index is -0.355. The van der Waals surface area contributed by atoms with Crippen molar-refractivity contribution in [2.75, 3.05) is 10.6 Å². The molecule has 2 N–H and O–H groups in total. The van der Waals surface area contributed by atoms with Gasteiger partial charge in [0, 0.05) is 19.4 Å². The van der Waals surface area contributed by atoms with Gasteiger partial charge in [-0.2, -0.15) is 4.98 Å². The van der Waals surface area contributed by atoms with Gasteiger partial charge in [-0.25, -0.2) is 4.98 Å². The molecule has 0 saturated heterocycles. The van der Waals surface area contributed by atoms with Crippen LogP contribution in [0.15, 0.2) is 30.3 Å². The van der Waals surface area contributed by atoms with Crippen LogP contribution in [0.5, 0.6) is 0 Å². The summed E-state index contributed by atoms with van der Waals surface area (Å²) in [5, 5.41) is 5.06. The Morgan fingerprint density at radius 2 is 1.62 bits per heavy atom. The molecule has 0 fully saturated rings. The van der Waals surface area contributed by atoms with E-state index < -0.39 is 0 Å². The number of aldehydes is 1. The number of nitrogens with zero attached hydrogens (tertiary/aromatic N) is 2. The molecular formula is C19H22N4O3. The summed E-state index contributed by atoms with van der Waals surface area (Å²) in [5.41, 5.74) is 2.01. The average Bonchev–Trinajstić information content (AvgIpc) is 2.59. The molecule has 136 valence electrons. The smallest absolute Gasteiger partial charge is 0.232 e. The first-order valence-electron chi connectivity index (χ1n) is 8.44. The Kier molecular flexibility index (Phi) is 6.96. The fourth-order valence-corrected chi connectivity index (χ4v) is 2.60. The molecule has 0 radical (unpaired) electrons. The number of amides is 2. The number of hydrogen-bond donors (Lipinski definition) is 2. The molecule has 0 aliphatic rings. The number of aromatic nitrogens is 2. The van der Waals surface area contributed by atoms with E-state index in [4.69, 9.17) is 0 Å². The maximum absolute atomic E-state index is 11.5. The van der Waals surface area contributed by atoms with Gasteiger partial charge in [-0.3, -0.25) is 19.7 Å². The van der Waals surface area contributed by atoms with E-state index in [9.17, 15) is 14.4 Å². The molecule has 0 bridgehead atoms. The van der Waals surface area contributed by atoms with E-state index in [-0.39, 0.29) is 29.3 Å². The molecule has 0 unspecified atom stereocenters. The van der Waals surface area contributed by atoms with E-state index in [0.717, 1.165) is 19.3 Å². The zero-order chi connectivity index (χ0) is 18.9. The van der Waals surface area contributed by atoms with Crippen molar-refractivity contribution in [3.05, 3.63) is 47.2 Å². The number of carbonyl (C=O) groups is 3. The molecule has 26 heavy (non-hydrogen) atoms. The van der Waals surface area contributed by atoms with Gasteiger partial charge in [0.05, 0.1) is 0 Å². The fourth-order valence-electron chi connectivity index (χ4n) is 2.60. The Morgan fingerprint density at radius 3 is 2.23 bits per heavy atom. The van der Waals surface area contributed by atoms with Gasteiger partial charge in [0.15, 0.2) is 6.29 Å². The SMILES string of the molecule is CC(=O)Nc1nc(C=O)c(CCCCc2ccccc2)c(NC(C)=O)n1. The summed E-state index contributed by atoms with van der Waals surface area (Å²) in [6, 6.07) is 10.1. The van der Waals surface area contributed by atoms with Crippen LogP contribution in [0.4, 0.5) is 11.8 Å². The third-order valence-corrected chi connectivity index (χ3v) is 3.72. The minimum Gasteiger partial charge on any atom is -0.311 e. The molecule has 0 aliphatic carbocycles. The molecule has 0 saturated carbocycles. The summed E-state index contributed by atoms with van der Waals surface area (Å²) in [6.07, 6.45) is 3.83. The Balaban J connectivity index is 2.14. The third kappa shape index (κ3) is 5.77. The van der Waals surface area contributed by atoms with E-state index in [1.54, 1.807) is 0 Å². The van der Waals surface area contributed by atoms with Crippen molar-refractivity contribution in [1.82, 2.24) is 9.97 Å². The maximum Gasteiger partial charge on any atom is 0.232 e. The zero-order valence-corrected chi connectivity index (χ0v) is 14.9. The van der Waals surface area contributed by atoms with Crippen LogP contribution in [0.25, 0.3) is 0 Å². The van der Waals surface area contributed by atoms with E-state index in [2.05, 4.69) is 32.7 Å². The lowest BCUT2D eigenvalue weighted by atomic mass is 10.0. The lowest BCUT2D eigenvalue weighted by Crippen LogP contribution is -2.17. The second-order valence-electron chi connectivity index (χ2n) is 5.93. The Hall–Kier alpha value is -3.09. The summed E-state index contributed by atoms with van der Waals surface area (Å²) in [7, 11) is 0. The van der Waals surface area contributed by atoms with Gasteiger partial charge in [-0.15, -0.1) is 0 Å². The van der Waals surface area contributed by atoms with Crippen LogP contribution in [0.3, 0.4) is 0 Å². The largest absolute Gasteiger partial charge is 0.311 e. The van der Waals surface area contributed by atoms with Crippen LogP contribution in [-0.2, 0) is 22.4 Å². The zero-order valence-electron chi connectivity index (χ0n) is 14.9. The molecule has 7 nitrogen and oxygen atoms in total. The number of hydrogen-bond acceptors (Lipinski definition) is 5. The molecule has 2 aromatic rings. The molecule has 0 atom stereocenters. The minimum absolute atomic E-state index is 0.00335. The van der Waals surface area contributed by atoms with Gasteiger partial charge in [-0.1, -0.05) is 30.3 Å². The first-order valence-corrected chi connectivity index (χ1v) is 8.44. The number of benzene rings is 1. The van der Waals surface area contributed by atoms with E-state index in [1.165, 1.54) is 19.4 Å². The molecule has 1 heterocycles. The third-order valence-electron chi connectivity index (χ3n) is 3.72. The first-order chi connectivity index (χ1) is 12.5. The van der Waals surface area contributed by atoms with Crippen LogP contribution in [0, 0.1) is 0 Å². The number of rotatable bonds is 8. The van der Waals surface area contributed by atoms with Gasteiger partial charge < -0.3 is 5.32 Å². The highest BCUT2D eigenvalue weighted by atomic mass is 16.2. The van der Waals surface area contributed by atoms with Crippen LogP contribution < -0.4 is 10.6 Å². The molecule has 2 rings (SSSR count). The maximum atomic E-state index is 11.5. The molecule has 1 aromatic carbocycles. The molecule has 1 aromatic heterocycles. The molecule has 0 aliphatic heterocycles. The Labute approximate surface area is 152 Å². The predicted molar refractivity (Wildman–Crippen MR) is 99.1 cm³/mol. The van der Waals surface area contributed by atoms with Gasteiger partial charge >= 0.3 is 0 Å². The number of unbranched alkanes of at least 4 members (excludes halogenated alkanes) is 1. The lowest BCUT2D eigenvalue weighted by molar-refractivity contribution is -0.115. The summed E-state index contributed by atoms with van der Waals surface area (Å²) < 4.78 is 0. The fraction of sp³-hybridized carbons (Fsp3) is 0.316. The summed E-state index contributed by atoms with van der Waals surface area (Å²) in [4.78, 5) is 42.4. The van der Waals surface area contributed by atoms with Crippen molar-refractivity contribution < 1.29 is 14.4 Å². The van der Waals surface area contributed by atoms with E-state index in [0.29, 0.717) is 18.3 Å². The van der Waals surface area contributed by atoms with Crippen molar-refractivity contribution >= 4 is 29.9 Å². The van der Waals surface area contributed by atoms with Crippen molar-refractivity contribution in [2.45, 2.75) is 39.5 Å². The van der Waals surface area contributed by atoms with Crippen LogP contribution >= 0.6 is 0 Å². The second kappa shape index (κ2) is 9.41. The van der Waals surface area contributed by atoms with Crippen LogP contribution in [0.2, 0.25) is 0 Å². The molecular weight excluding hydrogens is 332 g/mol. The van der Waals surface area contributed by atoms with Crippen LogP contribution in [0.1, 0.15) is 48.3 Å². The summed E-state index contributed by atoms with van der Waals surface area (Å²) >= 11 is 0. The highest BCUT2D eigenvalue weighted by Gasteiger charge is 2.15. The van der Waals surface area contributed by atoms with Crippen molar-refractivity contribution in [1.29, 1.82) is 0 Å². The van der Waals surface area contributed by atoms with Gasteiger partial charge in [-0.05, 0) is 31.2 Å². The summed E-state index contributed by atoms with van der Waals surface area (Å²) in [5.74, 6) is -0.402. The lowest BCUT2D eigenvalue weighted by Gasteiger charge is -2.13.